The highest BCUT2D eigenvalue weighted by Crippen LogP contribution is 2.28. The molecule has 0 heterocycles. The van der Waals surface area contributed by atoms with E-state index in [1.54, 1.807) is 37.1 Å². The van der Waals surface area contributed by atoms with Crippen molar-refractivity contribution in [1.82, 2.24) is 4.90 Å². The monoisotopic (exact) mass is 411 g/mol. The van der Waals surface area contributed by atoms with E-state index in [1.807, 2.05) is 0 Å². The van der Waals surface area contributed by atoms with E-state index in [9.17, 15) is 14.9 Å². The van der Waals surface area contributed by atoms with Crippen LogP contribution in [0.1, 0.15) is 12.5 Å². The second-order valence-electron chi connectivity index (χ2n) is 5.96. The summed E-state index contributed by atoms with van der Waals surface area (Å²) in [7, 11) is 3.23. The van der Waals surface area contributed by atoms with E-state index in [4.69, 9.17) is 27.9 Å². The number of hydrogen-bond acceptors (Lipinski definition) is 5. The van der Waals surface area contributed by atoms with Gasteiger partial charge in [-0.1, -0.05) is 23.2 Å². The fourth-order valence-corrected chi connectivity index (χ4v) is 2.77. The number of halogens is 2. The van der Waals surface area contributed by atoms with E-state index >= 15 is 0 Å². The summed E-state index contributed by atoms with van der Waals surface area (Å²) in [6.45, 7) is 1.99. The Kier molecular flexibility index (Phi) is 7.01. The lowest BCUT2D eigenvalue weighted by atomic mass is 10.1. The molecule has 9 heteroatoms. The second kappa shape index (κ2) is 9.03. The van der Waals surface area contributed by atoms with Crippen LogP contribution in [0.3, 0.4) is 0 Å². The number of hydrogen-bond donors (Lipinski definition) is 1. The molecule has 1 N–H and O–H groups in total. The van der Waals surface area contributed by atoms with Gasteiger partial charge in [-0.05, 0) is 43.8 Å². The number of nitrogens with zero attached hydrogens (tertiary/aromatic N) is 2. The maximum absolute atomic E-state index is 12.6. The van der Waals surface area contributed by atoms with Crippen LogP contribution < -0.4 is 10.1 Å². The van der Waals surface area contributed by atoms with E-state index < -0.39 is 11.0 Å². The summed E-state index contributed by atoms with van der Waals surface area (Å²) < 4.78 is 5.22. The molecule has 0 fully saturated rings. The number of amides is 1. The minimum atomic E-state index is -0.538. The first kappa shape index (κ1) is 21.0. The van der Waals surface area contributed by atoms with Crippen LogP contribution in [0.4, 0.5) is 11.4 Å². The molecule has 1 amide bonds. The Balaban J connectivity index is 2.12. The predicted molar refractivity (Wildman–Crippen MR) is 106 cm³/mol. The summed E-state index contributed by atoms with van der Waals surface area (Å²) in [5.41, 5.74) is 0.973. The number of carbonyl (C=O) groups is 1. The first-order chi connectivity index (χ1) is 12.7. The molecular formula is C18H19Cl2N3O4. The highest BCUT2D eigenvalue weighted by atomic mass is 35.5. The number of anilines is 1. The molecule has 2 rings (SSSR count). The average molecular weight is 412 g/mol. The van der Waals surface area contributed by atoms with Gasteiger partial charge in [0, 0.05) is 28.7 Å². The number of likely N-dealkylation sites (N-methyl/N-ethyl adjacent to an activating group) is 1. The fraction of sp³-hybridized carbons (Fsp3) is 0.278. The standard InChI is InChI=1S/C18H19Cl2N3O4/c1-11(18(24)21-16-9-13(19)4-7-17(16)27-3)22(2)10-12-8-14(23(25)26)5-6-15(12)20/h4-9,11H,10H2,1-3H3,(H,21,24). The van der Waals surface area contributed by atoms with Crippen molar-refractivity contribution in [3.8, 4) is 5.75 Å². The Morgan fingerprint density at radius 2 is 2.00 bits per heavy atom. The number of methoxy groups -OCH3 is 1. The van der Waals surface area contributed by atoms with E-state index in [0.717, 1.165) is 0 Å². The lowest BCUT2D eigenvalue weighted by molar-refractivity contribution is -0.384. The van der Waals surface area contributed by atoms with Crippen LogP contribution in [-0.4, -0.2) is 35.9 Å². The van der Waals surface area contributed by atoms with Gasteiger partial charge in [-0.2, -0.15) is 0 Å². The van der Waals surface area contributed by atoms with Gasteiger partial charge in [-0.25, -0.2) is 0 Å². The lowest BCUT2D eigenvalue weighted by Crippen LogP contribution is -2.39. The topological polar surface area (TPSA) is 84.7 Å². The molecule has 0 aliphatic heterocycles. The third kappa shape index (κ3) is 5.32. The van der Waals surface area contributed by atoms with Gasteiger partial charge >= 0.3 is 0 Å². The molecule has 144 valence electrons. The first-order valence-corrected chi connectivity index (χ1v) is 8.76. The van der Waals surface area contributed by atoms with Crippen molar-refractivity contribution < 1.29 is 14.5 Å². The Hall–Kier alpha value is -2.35. The second-order valence-corrected chi connectivity index (χ2v) is 6.80. The van der Waals surface area contributed by atoms with Crippen molar-refractivity contribution in [2.24, 2.45) is 0 Å². The van der Waals surface area contributed by atoms with Crippen LogP contribution in [0.15, 0.2) is 36.4 Å². The van der Waals surface area contributed by atoms with Gasteiger partial charge < -0.3 is 10.1 Å². The number of benzene rings is 2. The van der Waals surface area contributed by atoms with Crippen molar-refractivity contribution in [1.29, 1.82) is 0 Å². The van der Waals surface area contributed by atoms with Gasteiger partial charge in [0.05, 0.1) is 23.8 Å². The number of non-ortho nitro benzene ring substituents is 1. The third-order valence-corrected chi connectivity index (χ3v) is 4.72. The molecule has 27 heavy (non-hydrogen) atoms. The lowest BCUT2D eigenvalue weighted by Gasteiger charge is -2.24. The summed E-state index contributed by atoms with van der Waals surface area (Å²) in [6.07, 6.45) is 0. The van der Waals surface area contributed by atoms with Gasteiger partial charge in [0.1, 0.15) is 5.75 Å². The smallest absolute Gasteiger partial charge is 0.269 e. The normalized spacial score (nSPS) is 11.9. The molecule has 1 unspecified atom stereocenters. The largest absolute Gasteiger partial charge is 0.495 e. The van der Waals surface area contributed by atoms with Crippen molar-refractivity contribution in [3.63, 3.8) is 0 Å². The molecule has 0 aliphatic carbocycles. The average Bonchev–Trinajstić information content (AvgIpc) is 2.62. The fourth-order valence-electron chi connectivity index (χ4n) is 2.42. The molecule has 0 saturated heterocycles. The van der Waals surface area contributed by atoms with Crippen molar-refractivity contribution in [2.75, 3.05) is 19.5 Å². The predicted octanol–water partition coefficient (Wildman–Crippen LogP) is 4.37. The van der Waals surface area contributed by atoms with Crippen molar-refractivity contribution >= 4 is 40.5 Å². The molecule has 2 aromatic carbocycles. The van der Waals surface area contributed by atoms with Crippen LogP contribution >= 0.6 is 23.2 Å². The Morgan fingerprint density at radius 1 is 1.30 bits per heavy atom. The summed E-state index contributed by atoms with van der Waals surface area (Å²) in [5.74, 6) is 0.212. The van der Waals surface area contributed by atoms with E-state index in [-0.39, 0.29) is 18.1 Å². The maximum atomic E-state index is 12.6. The number of rotatable bonds is 7. The molecule has 0 bridgehead atoms. The van der Waals surface area contributed by atoms with Crippen LogP contribution in [0.25, 0.3) is 0 Å². The zero-order valence-electron chi connectivity index (χ0n) is 15.0. The molecule has 0 aliphatic rings. The van der Waals surface area contributed by atoms with Crippen LogP contribution in [0.2, 0.25) is 10.0 Å². The molecule has 2 aromatic rings. The van der Waals surface area contributed by atoms with Gasteiger partial charge in [0.2, 0.25) is 5.91 Å². The molecule has 0 radical (unpaired) electrons. The van der Waals surface area contributed by atoms with E-state index in [0.29, 0.717) is 27.0 Å². The molecular weight excluding hydrogens is 393 g/mol. The Morgan fingerprint density at radius 3 is 2.63 bits per heavy atom. The summed E-state index contributed by atoms with van der Waals surface area (Å²) in [5, 5.41) is 14.6. The Bertz CT molecular complexity index is 860. The molecule has 0 saturated carbocycles. The summed E-state index contributed by atoms with van der Waals surface area (Å²) in [6, 6.07) is 8.61. The van der Waals surface area contributed by atoms with Gasteiger partial charge in [0.15, 0.2) is 0 Å². The number of carbonyl (C=O) groups excluding carboxylic acids is 1. The highest BCUT2D eigenvalue weighted by Gasteiger charge is 2.21. The highest BCUT2D eigenvalue weighted by molar-refractivity contribution is 6.31. The van der Waals surface area contributed by atoms with Crippen molar-refractivity contribution in [2.45, 2.75) is 19.5 Å². The van der Waals surface area contributed by atoms with Gasteiger partial charge in [-0.15, -0.1) is 0 Å². The van der Waals surface area contributed by atoms with E-state index in [1.165, 1.54) is 25.3 Å². The third-order valence-electron chi connectivity index (χ3n) is 4.12. The van der Waals surface area contributed by atoms with Crippen LogP contribution in [0.5, 0.6) is 5.75 Å². The number of nitrogens with one attached hydrogen (secondary N) is 1. The first-order valence-electron chi connectivity index (χ1n) is 8.00. The molecule has 7 nitrogen and oxygen atoms in total. The zero-order chi connectivity index (χ0) is 20.1. The minimum Gasteiger partial charge on any atom is -0.495 e. The number of nitro groups is 1. The molecule has 0 spiro atoms. The van der Waals surface area contributed by atoms with Gasteiger partial charge in [-0.3, -0.25) is 19.8 Å². The summed E-state index contributed by atoms with van der Waals surface area (Å²) >= 11 is 12.1. The van der Waals surface area contributed by atoms with Crippen LogP contribution in [0, 0.1) is 10.1 Å². The quantitative estimate of drug-likeness (QED) is 0.539. The van der Waals surface area contributed by atoms with E-state index in [2.05, 4.69) is 5.32 Å². The SMILES string of the molecule is COc1ccc(Cl)cc1NC(=O)C(C)N(C)Cc1cc([N+](=O)[O-])ccc1Cl. The maximum Gasteiger partial charge on any atom is 0.269 e. The number of nitro benzene ring substituents is 1. The molecule has 1 atom stereocenters. The van der Waals surface area contributed by atoms with Gasteiger partial charge in [0.25, 0.3) is 5.69 Å². The zero-order valence-corrected chi connectivity index (χ0v) is 16.5. The minimum absolute atomic E-state index is 0.0523. The summed E-state index contributed by atoms with van der Waals surface area (Å²) in [4.78, 5) is 24.8. The number of ether oxygens (including phenoxy) is 1. The Labute approximate surface area is 167 Å². The van der Waals surface area contributed by atoms with Crippen molar-refractivity contribution in [3.05, 3.63) is 62.1 Å². The van der Waals surface area contributed by atoms with Crippen LogP contribution in [-0.2, 0) is 11.3 Å². The molecule has 0 aromatic heterocycles.